The second-order valence-electron chi connectivity index (χ2n) is 6.51. The van der Waals surface area contributed by atoms with Crippen molar-refractivity contribution < 1.29 is 13.3 Å². The molecule has 0 aliphatic carbocycles. The Morgan fingerprint density at radius 1 is 1.08 bits per heavy atom. The van der Waals surface area contributed by atoms with Gasteiger partial charge in [-0.05, 0) is 23.6 Å². The van der Waals surface area contributed by atoms with Gasteiger partial charge in [-0.1, -0.05) is 42.5 Å². The van der Waals surface area contributed by atoms with Gasteiger partial charge >= 0.3 is 0 Å². The molecule has 26 heavy (non-hydrogen) atoms. The molecule has 0 saturated carbocycles. The van der Waals surface area contributed by atoms with Crippen molar-refractivity contribution in [1.29, 1.82) is 0 Å². The van der Waals surface area contributed by atoms with E-state index >= 15 is 0 Å². The molecule has 2 aromatic rings. The van der Waals surface area contributed by atoms with Gasteiger partial charge < -0.3 is 5.73 Å². The van der Waals surface area contributed by atoms with E-state index in [1.165, 1.54) is 28.6 Å². The second kappa shape index (κ2) is 7.53. The van der Waals surface area contributed by atoms with E-state index in [9.17, 15) is 18.5 Å². The first-order valence-electron chi connectivity index (χ1n) is 8.37. The second-order valence-corrected chi connectivity index (χ2v) is 8.48. The summed E-state index contributed by atoms with van der Waals surface area (Å²) < 4.78 is 27.1. The van der Waals surface area contributed by atoms with E-state index < -0.39 is 14.9 Å². The number of nitro benzene ring substituents is 1. The molecule has 1 aliphatic heterocycles. The number of benzene rings is 2. The third-order valence-corrected chi connectivity index (χ3v) is 6.61. The zero-order valence-electron chi connectivity index (χ0n) is 14.2. The summed E-state index contributed by atoms with van der Waals surface area (Å²) in [4.78, 5) is 10.2. The van der Waals surface area contributed by atoms with Crippen molar-refractivity contribution in [1.82, 2.24) is 4.31 Å². The summed E-state index contributed by atoms with van der Waals surface area (Å²) in [6.45, 7) is 1.22. The van der Waals surface area contributed by atoms with Crippen LogP contribution in [-0.2, 0) is 15.8 Å². The predicted molar refractivity (Wildman–Crippen MR) is 99.0 cm³/mol. The summed E-state index contributed by atoms with van der Waals surface area (Å²) in [6.07, 6.45) is 0. The number of hydrogen-bond donors (Lipinski definition) is 1. The van der Waals surface area contributed by atoms with Crippen molar-refractivity contribution in [2.24, 2.45) is 11.7 Å². The number of non-ortho nitro benzene ring substituents is 1. The molecule has 138 valence electrons. The molecule has 2 atom stereocenters. The molecular formula is C18H21N3O4S. The highest BCUT2D eigenvalue weighted by atomic mass is 32.2. The van der Waals surface area contributed by atoms with Crippen molar-refractivity contribution >= 4 is 15.7 Å². The van der Waals surface area contributed by atoms with Gasteiger partial charge in [0.2, 0.25) is 10.0 Å². The van der Waals surface area contributed by atoms with Crippen LogP contribution in [0.25, 0.3) is 0 Å². The lowest BCUT2D eigenvalue weighted by Gasteiger charge is -2.17. The molecular weight excluding hydrogens is 354 g/mol. The average molecular weight is 375 g/mol. The molecule has 1 aliphatic rings. The van der Waals surface area contributed by atoms with Gasteiger partial charge in [0.15, 0.2) is 0 Å². The fourth-order valence-corrected chi connectivity index (χ4v) is 4.99. The van der Waals surface area contributed by atoms with E-state index in [1.807, 2.05) is 30.3 Å². The quantitative estimate of drug-likeness (QED) is 0.615. The van der Waals surface area contributed by atoms with Gasteiger partial charge in [0.05, 0.1) is 10.7 Å². The Hall–Kier alpha value is -2.29. The van der Waals surface area contributed by atoms with Crippen molar-refractivity contribution in [3.05, 3.63) is 75.8 Å². The third kappa shape index (κ3) is 3.92. The van der Waals surface area contributed by atoms with Gasteiger partial charge in [0.1, 0.15) is 0 Å². The van der Waals surface area contributed by atoms with Gasteiger partial charge in [-0.2, -0.15) is 0 Å². The standard InChI is InChI=1S/C18H21N3O4S/c19-10-16-11-20(12-18(16)15-4-2-1-3-5-15)26(24,25)13-14-6-8-17(9-7-14)21(22)23/h1-9,16,18H,10-13,19H2/t16-,18+/m1/s1. The molecule has 1 heterocycles. The lowest BCUT2D eigenvalue weighted by Crippen LogP contribution is -2.31. The van der Waals surface area contributed by atoms with Crippen molar-refractivity contribution in [3.8, 4) is 0 Å². The van der Waals surface area contributed by atoms with Crippen molar-refractivity contribution in [3.63, 3.8) is 0 Å². The summed E-state index contributed by atoms with van der Waals surface area (Å²) >= 11 is 0. The van der Waals surface area contributed by atoms with Gasteiger partial charge in [-0.15, -0.1) is 0 Å². The molecule has 0 bridgehead atoms. The highest BCUT2D eigenvalue weighted by Gasteiger charge is 2.38. The van der Waals surface area contributed by atoms with Gasteiger partial charge in [-0.3, -0.25) is 10.1 Å². The van der Waals surface area contributed by atoms with E-state index in [1.54, 1.807) is 0 Å². The van der Waals surface area contributed by atoms with Crippen LogP contribution in [0.3, 0.4) is 0 Å². The molecule has 7 nitrogen and oxygen atoms in total. The van der Waals surface area contributed by atoms with Gasteiger partial charge in [0, 0.05) is 31.1 Å². The Kier molecular flexibility index (Phi) is 5.36. The third-order valence-electron chi connectivity index (χ3n) is 4.83. The number of nitro groups is 1. The molecule has 1 saturated heterocycles. The molecule has 0 spiro atoms. The Labute approximate surface area is 152 Å². The van der Waals surface area contributed by atoms with Crippen LogP contribution in [-0.4, -0.2) is 37.3 Å². The molecule has 0 aromatic heterocycles. The SMILES string of the molecule is NC[C@@H]1CN(S(=O)(=O)Cc2ccc([N+](=O)[O-])cc2)C[C@H]1c1ccccc1. The maximum atomic E-state index is 12.8. The summed E-state index contributed by atoms with van der Waals surface area (Å²) in [7, 11) is -3.52. The van der Waals surface area contributed by atoms with Crippen LogP contribution >= 0.6 is 0 Å². The highest BCUT2D eigenvalue weighted by molar-refractivity contribution is 7.88. The summed E-state index contributed by atoms with van der Waals surface area (Å²) in [5.74, 6) is -0.0269. The number of nitrogens with two attached hydrogens (primary N) is 1. The Balaban J connectivity index is 1.76. The Morgan fingerprint density at radius 3 is 2.31 bits per heavy atom. The zero-order valence-corrected chi connectivity index (χ0v) is 15.0. The molecule has 2 N–H and O–H groups in total. The molecule has 0 amide bonds. The van der Waals surface area contributed by atoms with Crippen molar-refractivity contribution in [2.75, 3.05) is 19.6 Å². The summed E-state index contributed by atoms with van der Waals surface area (Å²) in [5.41, 5.74) is 7.45. The number of nitrogens with zero attached hydrogens (tertiary/aromatic N) is 2. The normalized spacial score (nSPS) is 21.0. The molecule has 1 fully saturated rings. The Bertz CT molecular complexity index is 869. The van der Waals surface area contributed by atoms with Crippen LogP contribution in [0.2, 0.25) is 0 Å². The first-order valence-corrected chi connectivity index (χ1v) is 9.98. The minimum absolute atomic E-state index is 0.0559. The minimum atomic E-state index is -3.52. The average Bonchev–Trinajstić information content (AvgIpc) is 3.08. The van der Waals surface area contributed by atoms with E-state index in [0.717, 1.165) is 5.56 Å². The number of hydrogen-bond acceptors (Lipinski definition) is 5. The predicted octanol–water partition coefficient (Wildman–Crippen LogP) is 2.10. The lowest BCUT2D eigenvalue weighted by molar-refractivity contribution is -0.384. The largest absolute Gasteiger partial charge is 0.330 e. The smallest absolute Gasteiger partial charge is 0.269 e. The van der Waals surface area contributed by atoms with Crippen LogP contribution in [0.5, 0.6) is 0 Å². The molecule has 8 heteroatoms. The van der Waals surface area contributed by atoms with Gasteiger partial charge in [0.25, 0.3) is 5.69 Å². The van der Waals surface area contributed by atoms with Crippen LogP contribution in [0.1, 0.15) is 17.0 Å². The fourth-order valence-electron chi connectivity index (χ4n) is 3.39. The van der Waals surface area contributed by atoms with E-state index in [4.69, 9.17) is 5.73 Å². The molecule has 0 radical (unpaired) electrons. The van der Waals surface area contributed by atoms with Gasteiger partial charge in [-0.25, -0.2) is 12.7 Å². The summed E-state index contributed by atoms with van der Waals surface area (Å²) in [6, 6.07) is 15.4. The first-order chi connectivity index (χ1) is 12.4. The van der Waals surface area contributed by atoms with Crippen LogP contribution in [0.4, 0.5) is 5.69 Å². The molecule has 0 unspecified atom stereocenters. The monoisotopic (exact) mass is 375 g/mol. The molecule has 3 rings (SSSR count). The van der Waals surface area contributed by atoms with Crippen LogP contribution in [0.15, 0.2) is 54.6 Å². The zero-order chi connectivity index (χ0) is 18.7. The number of sulfonamides is 1. The van der Waals surface area contributed by atoms with Crippen LogP contribution < -0.4 is 5.73 Å². The van der Waals surface area contributed by atoms with Crippen LogP contribution in [0, 0.1) is 16.0 Å². The Morgan fingerprint density at radius 2 is 1.73 bits per heavy atom. The maximum absolute atomic E-state index is 12.8. The topological polar surface area (TPSA) is 107 Å². The number of rotatable bonds is 6. The van der Waals surface area contributed by atoms with E-state index in [2.05, 4.69) is 0 Å². The molecule has 2 aromatic carbocycles. The van der Waals surface area contributed by atoms with E-state index in [-0.39, 0.29) is 23.3 Å². The fraction of sp³-hybridized carbons (Fsp3) is 0.333. The lowest BCUT2D eigenvalue weighted by atomic mass is 9.89. The van der Waals surface area contributed by atoms with Crippen molar-refractivity contribution in [2.45, 2.75) is 11.7 Å². The summed E-state index contributed by atoms with van der Waals surface area (Å²) in [5, 5.41) is 10.7. The van der Waals surface area contributed by atoms with E-state index in [0.29, 0.717) is 25.2 Å². The maximum Gasteiger partial charge on any atom is 0.269 e. The first kappa shape index (κ1) is 18.5. The highest BCUT2D eigenvalue weighted by Crippen LogP contribution is 2.34. The minimum Gasteiger partial charge on any atom is -0.330 e.